The Hall–Kier alpha value is -2.13. The summed E-state index contributed by atoms with van der Waals surface area (Å²) in [6, 6.07) is 17.7. The average molecular weight is 296 g/mol. The number of aryl methyl sites for hydroxylation is 1. The zero-order valence-electron chi connectivity index (χ0n) is 13.3. The fraction of sp³-hybridized carbons (Fsp3) is 0.316. The molecular formula is C19H24N2O. The second-order valence-corrected chi connectivity index (χ2v) is 5.56. The molecule has 0 aliphatic carbocycles. The lowest BCUT2D eigenvalue weighted by molar-refractivity contribution is -0.132. The van der Waals surface area contributed by atoms with Crippen molar-refractivity contribution in [1.29, 1.82) is 0 Å². The molecule has 0 bridgehead atoms. The van der Waals surface area contributed by atoms with E-state index in [2.05, 4.69) is 19.1 Å². The number of hydrogen-bond donors (Lipinski definition) is 1. The maximum atomic E-state index is 12.5. The van der Waals surface area contributed by atoms with Crippen molar-refractivity contribution in [1.82, 2.24) is 4.90 Å². The maximum absolute atomic E-state index is 12.5. The molecule has 1 unspecified atom stereocenters. The lowest BCUT2D eigenvalue weighted by Gasteiger charge is -2.23. The molecule has 0 fully saturated rings. The minimum absolute atomic E-state index is 0.0992. The van der Waals surface area contributed by atoms with E-state index in [1.54, 1.807) is 0 Å². The number of carbonyl (C=O) groups is 1. The summed E-state index contributed by atoms with van der Waals surface area (Å²) in [4.78, 5) is 14.4. The van der Waals surface area contributed by atoms with E-state index in [4.69, 9.17) is 5.73 Å². The molecule has 0 radical (unpaired) electrons. The SMILES string of the molecule is CCN(Cc1ccccc1C)C(=O)CC(N)c1ccccc1. The van der Waals surface area contributed by atoms with Crippen LogP contribution in [0.1, 0.15) is 36.1 Å². The molecule has 0 spiro atoms. The number of nitrogens with zero attached hydrogens (tertiary/aromatic N) is 1. The first-order valence-electron chi connectivity index (χ1n) is 7.74. The molecule has 0 saturated heterocycles. The Bertz CT molecular complexity index is 610. The van der Waals surface area contributed by atoms with Crippen LogP contribution < -0.4 is 5.73 Å². The van der Waals surface area contributed by atoms with Crippen molar-refractivity contribution < 1.29 is 4.79 Å². The predicted molar refractivity (Wildman–Crippen MR) is 90.3 cm³/mol. The fourth-order valence-corrected chi connectivity index (χ4v) is 2.50. The van der Waals surface area contributed by atoms with Gasteiger partial charge in [-0.25, -0.2) is 0 Å². The van der Waals surface area contributed by atoms with Gasteiger partial charge in [0.2, 0.25) is 5.91 Å². The van der Waals surface area contributed by atoms with Crippen molar-refractivity contribution >= 4 is 5.91 Å². The molecule has 3 heteroatoms. The number of hydrogen-bond acceptors (Lipinski definition) is 2. The second kappa shape index (κ2) is 7.76. The first kappa shape index (κ1) is 16.2. The molecule has 2 aromatic rings. The van der Waals surface area contributed by atoms with Crippen LogP contribution in [0.3, 0.4) is 0 Å². The van der Waals surface area contributed by atoms with Crippen molar-refractivity contribution in [2.75, 3.05) is 6.54 Å². The number of rotatable bonds is 6. The molecule has 116 valence electrons. The quantitative estimate of drug-likeness (QED) is 0.887. The van der Waals surface area contributed by atoms with Crippen molar-refractivity contribution in [2.24, 2.45) is 5.73 Å². The van der Waals surface area contributed by atoms with E-state index >= 15 is 0 Å². The molecule has 3 nitrogen and oxygen atoms in total. The van der Waals surface area contributed by atoms with Crippen molar-refractivity contribution in [3.8, 4) is 0 Å². The zero-order chi connectivity index (χ0) is 15.9. The summed E-state index contributed by atoms with van der Waals surface area (Å²) < 4.78 is 0. The summed E-state index contributed by atoms with van der Waals surface area (Å²) in [5.74, 6) is 0.0992. The predicted octanol–water partition coefficient (Wildman–Crippen LogP) is 3.43. The lowest BCUT2D eigenvalue weighted by atomic mass is 10.0. The summed E-state index contributed by atoms with van der Waals surface area (Å²) in [6.45, 7) is 5.41. The van der Waals surface area contributed by atoms with E-state index in [-0.39, 0.29) is 11.9 Å². The summed E-state index contributed by atoms with van der Waals surface area (Å²) in [7, 11) is 0. The molecule has 1 atom stereocenters. The van der Waals surface area contributed by atoms with E-state index < -0.39 is 0 Å². The maximum Gasteiger partial charge on any atom is 0.224 e. The molecule has 2 N–H and O–H groups in total. The summed E-state index contributed by atoms with van der Waals surface area (Å²) in [6.07, 6.45) is 0.337. The standard InChI is InChI=1S/C19H24N2O/c1-3-21(14-17-12-8-7-9-15(17)2)19(22)13-18(20)16-10-5-4-6-11-16/h4-12,18H,3,13-14,20H2,1-2H3. The highest BCUT2D eigenvalue weighted by Gasteiger charge is 2.17. The number of carbonyl (C=O) groups excluding carboxylic acids is 1. The van der Waals surface area contributed by atoms with Crippen molar-refractivity contribution in [3.05, 3.63) is 71.3 Å². The highest BCUT2D eigenvalue weighted by Crippen LogP contribution is 2.17. The minimum atomic E-state index is -0.250. The number of benzene rings is 2. The van der Waals surface area contributed by atoms with Crippen molar-refractivity contribution in [2.45, 2.75) is 32.9 Å². The van der Waals surface area contributed by atoms with Crippen LogP contribution in [0.4, 0.5) is 0 Å². The van der Waals surface area contributed by atoms with Crippen LogP contribution in [0.15, 0.2) is 54.6 Å². The normalized spacial score (nSPS) is 12.0. The van der Waals surface area contributed by atoms with Gasteiger partial charge in [-0.3, -0.25) is 4.79 Å². The minimum Gasteiger partial charge on any atom is -0.339 e. The molecule has 0 heterocycles. The van der Waals surface area contributed by atoms with E-state index in [1.807, 2.05) is 54.3 Å². The van der Waals surface area contributed by atoms with Crippen LogP contribution in [0.2, 0.25) is 0 Å². The van der Waals surface area contributed by atoms with E-state index in [0.29, 0.717) is 19.5 Å². The van der Waals surface area contributed by atoms with Crippen LogP contribution in [0.25, 0.3) is 0 Å². The molecule has 1 amide bonds. The molecule has 2 rings (SSSR count). The molecular weight excluding hydrogens is 272 g/mol. The Morgan fingerprint density at radius 2 is 1.73 bits per heavy atom. The average Bonchev–Trinajstić information content (AvgIpc) is 2.54. The van der Waals surface area contributed by atoms with Gasteiger partial charge in [0, 0.05) is 25.6 Å². The smallest absolute Gasteiger partial charge is 0.224 e. The van der Waals surface area contributed by atoms with Gasteiger partial charge in [0.25, 0.3) is 0 Å². The summed E-state index contributed by atoms with van der Waals surface area (Å²) in [5.41, 5.74) is 9.56. The van der Waals surface area contributed by atoms with Crippen LogP contribution in [-0.4, -0.2) is 17.4 Å². The molecule has 0 aliphatic rings. The van der Waals surface area contributed by atoms with Crippen molar-refractivity contribution in [3.63, 3.8) is 0 Å². The largest absolute Gasteiger partial charge is 0.339 e. The van der Waals surface area contributed by atoms with Gasteiger partial charge in [0.05, 0.1) is 0 Å². The Balaban J connectivity index is 2.02. The van der Waals surface area contributed by atoms with Crippen LogP contribution in [0.5, 0.6) is 0 Å². The number of amides is 1. The fourth-order valence-electron chi connectivity index (χ4n) is 2.50. The van der Waals surface area contributed by atoms with Crippen LogP contribution in [-0.2, 0) is 11.3 Å². The first-order chi connectivity index (χ1) is 10.6. The third-order valence-corrected chi connectivity index (χ3v) is 3.98. The molecule has 0 aliphatic heterocycles. The van der Waals surface area contributed by atoms with Gasteiger partial charge in [0.15, 0.2) is 0 Å². The van der Waals surface area contributed by atoms with E-state index in [0.717, 1.165) is 5.56 Å². The highest BCUT2D eigenvalue weighted by atomic mass is 16.2. The first-order valence-corrected chi connectivity index (χ1v) is 7.74. The molecule has 2 aromatic carbocycles. The monoisotopic (exact) mass is 296 g/mol. The second-order valence-electron chi connectivity index (χ2n) is 5.56. The van der Waals surface area contributed by atoms with Gasteiger partial charge in [-0.1, -0.05) is 54.6 Å². The van der Waals surface area contributed by atoms with E-state index in [1.165, 1.54) is 11.1 Å². The third kappa shape index (κ3) is 4.18. The Morgan fingerprint density at radius 3 is 2.36 bits per heavy atom. The zero-order valence-corrected chi connectivity index (χ0v) is 13.3. The van der Waals surface area contributed by atoms with Gasteiger partial charge in [-0.05, 0) is 30.5 Å². The highest BCUT2D eigenvalue weighted by molar-refractivity contribution is 5.77. The van der Waals surface area contributed by atoms with Crippen LogP contribution in [0, 0.1) is 6.92 Å². The topological polar surface area (TPSA) is 46.3 Å². The summed E-state index contributed by atoms with van der Waals surface area (Å²) in [5, 5.41) is 0. The molecule has 0 saturated carbocycles. The van der Waals surface area contributed by atoms with E-state index in [9.17, 15) is 4.79 Å². The van der Waals surface area contributed by atoms with Gasteiger partial charge in [-0.15, -0.1) is 0 Å². The number of nitrogens with two attached hydrogens (primary N) is 1. The van der Waals surface area contributed by atoms with Gasteiger partial charge in [-0.2, -0.15) is 0 Å². The lowest BCUT2D eigenvalue weighted by Crippen LogP contribution is -2.33. The Kier molecular flexibility index (Phi) is 5.73. The molecule has 0 aromatic heterocycles. The summed E-state index contributed by atoms with van der Waals surface area (Å²) >= 11 is 0. The van der Waals surface area contributed by atoms with Gasteiger partial charge < -0.3 is 10.6 Å². The Labute approximate surface area is 132 Å². The van der Waals surface area contributed by atoms with Crippen LogP contribution >= 0.6 is 0 Å². The van der Waals surface area contributed by atoms with Gasteiger partial charge in [0.1, 0.15) is 0 Å². The molecule has 22 heavy (non-hydrogen) atoms. The third-order valence-electron chi connectivity index (χ3n) is 3.98. The van der Waals surface area contributed by atoms with Gasteiger partial charge >= 0.3 is 0 Å². The Morgan fingerprint density at radius 1 is 1.09 bits per heavy atom.